The van der Waals surface area contributed by atoms with E-state index >= 15 is 0 Å². The molecule has 0 spiro atoms. The van der Waals surface area contributed by atoms with Gasteiger partial charge < -0.3 is 15.2 Å². The summed E-state index contributed by atoms with van der Waals surface area (Å²) in [6.45, 7) is 2.63. The van der Waals surface area contributed by atoms with Gasteiger partial charge in [0.25, 0.3) is 0 Å². The summed E-state index contributed by atoms with van der Waals surface area (Å²) < 4.78 is 36.2. The van der Waals surface area contributed by atoms with Gasteiger partial charge in [-0.05, 0) is 7.05 Å². The normalized spacial score (nSPS) is 14.3. The van der Waals surface area contributed by atoms with Crippen molar-refractivity contribution in [2.24, 2.45) is 0 Å². The quantitative estimate of drug-likeness (QED) is 0.350. The molecule has 0 heterocycles. The molecule has 98 valence electrons. The average Bonchev–Trinajstić information content (AvgIpc) is 2.19. The first-order chi connectivity index (χ1) is 7.41. The van der Waals surface area contributed by atoms with Crippen LogP contribution in [0.2, 0.25) is 0 Å². The van der Waals surface area contributed by atoms with Crippen molar-refractivity contribution in [3.05, 3.63) is 0 Å². The molecule has 0 radical (unpaired) electrons. The van der Waals surface area contributed by atoms with Crippen LogP contribution in [0.4, 0.5) is 0 Å². The van der Waals surface area contributed by atoms with Gasteiger partial charge in [-0.15, -0.1) is 0 Å². The van der Waals surface area contributed by atoms with E-state index in [2.05, 4.69) is 5.32 Å². The Morgan fingerprint density at radius 1 is 1.50 bits per heavy atom. The van der Waals surface area contributed by atoms with Gasteiger partial charge in [-0.2, -0.15) is 12.7 Å². The van der Waals surface area contributed by atoms with Crippen LogP contribution in [0.25, 0.3) is 0 Å². The number of hydrogen-bond acceptors (Lipinski definition) is 5. The molecule has 0 saturated carbocycles. The van der Waals surface area contributed by atoms with E-state index < -0.39 is 16.4 Å². The van der Waals surface area contributed by atoms with E-state index in [1.807, 2.05) is 0 Å². The van der Waals surface area contributed by atoms with Gasteiger partial charge in [-0.1, -0.05) is 6.92 Å². The van der Waals surface area contributed by atoms with Crippen LogP contribution in [0.5, 0.6) is 0 Å². The Balaban J connectivity index is 3.88. The minimum Gasteiger partial charge on any atom is -0.389 e. The Morgan fingerprint density at radius 2 is 2.12 bits per heavy atom. The van der Waals surface area contributed by atoms with Gasteiger partial charge in [0.1, 0.15) is 0 Å². The third-order valence-electron chi connectivity index (χ3n) is 1.90. The first kappa shape index (κ1) is 15.8. The minimum absolute atomic E-state index is 0.0354. The SMILES string of the molecule is CCN(CC(O)COCCNC)S(=O)(=O)O. The smallest absolute Gasteiger partial charge is 0.335 e. The lowest BCUT2D eigenvalue weighted by molar-refractivity contribution is 0.0290. The van der Waals surface area contributed by atoms with Crippen LogP contribution in [-0.4, -0.2) is 68.4 Å². The van der Waals surface area contributed by atoms with Gasteiger partial charge in [0.05, 0.1) is 19.3 Å². The summed E-state index contributed by atoms with van der Waals surface area (Å²) >= 11 is 0. The predicted octanol–water partition coefficient (Wildman–Crippen LogP) is -1.29. The van der Waals surface area contributed by atoms with Crippen LogP contribution in [0.3, 0.4) is 0 Å². The number of aliphatic hydroxyl groups excluding tert-OH is 1. The summed E-state index contributed by atoms with van der Waals surface area (Å²) in [6.07, 6.45) is -0.946. The van der Waals surface area contributed by atoms with E-state index in [4.69, 9.17) is 9.29 Å². The van der Waals surface area contributed by atoms with Crippen LogP contribution < -0.4 is 5.32 Å². The Hall–Kier alpha value is -0.250. The van der Waals surface area contributed by atoms with Gasteiger partial charge in [-0.25, -0.2) is 0 Å². The molecule has 0 amide bonds. The summed E-state index contributed by atoms with van der Waals surface area (Å²) in [5.74, 6) is 0. The number of hydrogen-bond donors (Lipinski definition) is 3. The molecule has 0 aromatic heterocycles. The zero-order valence-electron chi connectivity index (χ0n) is 9.59. The Labute approximate surface area is 96.3 Å². The van der Waals surface area contributed by atoms with Crippen molar-refractivity contribution in [3.63, 3.8) is 0 Å². The number of nitrogens with zero attached hydrogens (tertiary/aromatic N) is 1. The van der Waals surface area contributed by atoms with Crippen LogP contribution in [-0.2, 0) is 15.0 Å². The second-order valence-electron chi connectivity index (χ2n) is 3.26. The van der Waals surface area contributed by atoms with E-state index in [1.54, 1.807) is 14.0 Å². The molecule has 8 heteroatoms. The summed E-state index contributed by atoms with van der Waals surface area (Å²) in [4.78, 5) is 0. The molecule has 1 atom stereocenters. The van der Waals surface area contributed by atoms with Crippen molar-refractivity contribution in [1.82, 2.24) is 9.62 Å². The molecule has 1 unspecified atom stereocenters. The molecule has 0 aromatic rings. The van der Waals surface area contributed by atoms with Crippen LogP contribution in [0, 0.1) is 0 Å². The third kappa shape index (κ3) is 7.09. The fraction of sp³-hybridized carbons (Fsp3) is 1.00. The highest BCUT2D eigenvalue weighted by Gasteiger charge is 2.20. The first-order valence-electron chi connectivity index (χ1n) is 5.04. The lowest BCUT2D eigenvalue weighted by Crippen LogP contribution is -2.38. The maximum atomic E-state index is 10.8. The number of aliphatic hydroxyl groups is 1. The lowest BCUT2D eigenvalue weighted by Gasteiger charge is -2.19. The number of nitrogens with one attached hydrogen (secondary N) is 1. The van der Waals surface area contributed by atoms with Crippen molar-refractivity contribution < 1.29 is 22.8 Å². The minimum atomic E-state index is -4.24. The molecule has 7 nitrogen and oxygen atoms in total. The lowest BCUT2D eigenvalue weighted by atomic mass is 10.4. The Morgan fingerprint density at radius 3 is 2.56 bits per heavy atom. The van der Waals surface area contributed by atoms with E-state index in [9.17, 15) is 13.5 Å². The Kier molecular flexibility index (Phi) is 7.81. The van der Waals surface area contributed by atoms with Crippen molar-refractivity contribution in [2.75, 3.05) is 39.9 Å². The molecule has 0 bridgehead atoms. The highest BCUT2D eigenvalue weighted by Crippen LogP contribution is 1.99. The standard InChI is InChI=1S/C8H20N2O5S/c1-3-10(16(12,13)14)6-8(11)7-15-5-4-9-2/h8-9,11H,3-7H2,1-2H3,(H,12,13,14). The maximum Gasteiger partial charge on any atom is 0.335 e. The molecule has 0 fully saturated rings. The molecule has 0 aromatic carbocycles. The zero-order valence-corrected chi connectivity index (χ0v) is 10.4. The number of likely N-dealkylation sites (N-methyl/N-ethyl adjacent to an activating group) is 2. The summed E-state index contributed by atoms with van der Waals surface area (Å²) in [6, 6.07) is 0. The second kappa shape index (κ2) is 7.93. The average molecular weight is 256 g/mol. The predicted molar refractivity (Wildman–Crippen MR) is 59.5 cm³/mol. The van der Waals surface area contributed by atoms with Crippen molar-refractivity contribution >= 4 is 10.3 Å². The molecule has 3 N–H and O–H groups in total. The molecule has 16 heavy (non-hydrogen) atoms. The maximum absolute atomic E-state index is 10.8. The van der Waals surface area contributed by atoms with Gasteiger partial charge in [0, 0.05) is 19.6 Å². The van der Waals surface area contributed by atoms with E-state index in [1.165, 1.54) is 0 Å². The molecule has 0 aliphatic heterocycles. The van der Waals surface area contributed by atoms with Gasteiger partial charge in [0.2, 0.25) is 0 Å². The molecule has 0 aliphatic rings. The van der Waals surface area contributed by atoms with Crippen LogP contribution in [0.1, 0.15) is 6.92 Å². The summed E-state index contributed by atoms with van der Waals surface area (Å²) in [5, 5.41) is 12.3. The van der Waals surface area contributed by atoms with Crippen LogP contribution in [0.15, 0.2) is 0 Å². The van der Waals surface area contributed by atoms with E-state index in [0.717, 1.165) is 4.31 Å². The van der Waals surface area contributed by atoms with Crippen molar-refractivity contribution in [1.29, 1.82) is 0 Å². The van der Waals surface area contributed by atoms with E-state index in [0.29, 0.717) is 13.2 Å². The number of rotatable bonds is 9. The largest absolute Gasteiger partial charge is 0.389 e. The molecule has 0 aliphatic carbocycles. The number of ether oxygens (including phenoxy) is 1. The summed E-state index contributed by atoms with van der Waals surface area (Å²) in [7, 11) is -2.47. The third-order valence-corrected chi connectivity index (χ3v) is 2.96. The fourth-order valence-electron chi connectivity index (χ4n) is 1.07. The van der Waals surface area contributed by atoms with E-state index in [-0.39, 0.29) is 19.7 Å². The van der Waals surface area contributed by atoms with Gasteiger partial charge in [0.15, 0.2) is 0 Å². The fourth-order valence-corrected chi connectivity index (χ4v) is 1.75. The zero-order chi connectivity index (χ0) is 12.6. The highest BCUT2D eigenvalue weighted by molar-refractivity contribution is 7.83. The van der Waals surface area contributed by atoms with Crippen molar-refractivity contribution in [3.8, 4) is 0 Å². The first-order valence-corrected chi connectivity index (χ1v) is 6.44. The van der Waals surface area contributed by atoms with Crippen LogP contribution >= 0.6 is 0 Å². The summed E-state index contributed by atoms with van der Waals surface area (Å²) in [5.41, 5.74) is 0. The second-order valence-corrected chi connectivity index (χ2v) is 4.67. The Bertz CT molecular complexity index is 270. The molecule has 0 saturated heterocycles. The monoisotopic (exact) mass is 256 g/mol. The van der Waals surface area contributed by atoms with Gasteiger partial charge in [-0.3, -0.25) is 4.55 Å². The molecule has 0 rings (SSSR count). The van der Waals surface area contributed by atoms with Crippen molar-refractivity contribution in [2.45, 2.75) is 13.0 Å². The van der Waals surface area contributed by atoms with Gasteiger partial charge >= 0.3 is 10.3 Å². The topological polar surface area (TPSA) is 99.1 Å². The highest BCUT2D eigenvalue weighted by atomic mass is 32.2. The molecular formula is C8H20N2O5S. The molecular weight excluding hydrogens is 236 g/mol.